The molecular formula is C16H18N2O2. The van der Waals surface area contributed by atoms with Crippen LogP contribution in [-0.4, -0.2) is 41.1 Å². The lowest BCUT2D eigenvalue weighted by Crippen LogP contribution is -2.48. The van der Waals surface area contributed by atoms with Crippen molar-refractivity contribution in [1.82, 2.24) is 9.88 Å². The van der Waals surface area contributed by atoms with Crippen LogP contribution >= 0.6 is 0 Å². The molecule has 0 aliphatic carbocycles. The lowest BCUT2D eigenvalue weighted by atomic mass is 10.1. The summed E-state index contributed by atoms with van der Waals surface area (Å²) in [5.74, 6) is 0.0326. The summed E-state index contributed by atoms with van der Waals surface area (Å²) >= 11 is 0. The number of morpholine rings is 1. The Labute approximate surface area is 118 Å². The van der Waals surface area contributed by atoms with Gasteiger partial charge in [-0.1, -0.05) is 18.2 Å². The summed E-state index contributed by atoms with van der Waals surface area (Å²) < 4.78 is 5.66. The number of carbonyl (C=O) groups is 1. The summed E-state index contributed by atoms with van der Waals surface area (Å²) in [7, 11) is 0. The molecule has 1 aliphatic heterocycles. The van der Waals surface area contributed by atoms with Crippen molar-refractivity contribution < 1.29 is 9.53 Å². The van der Waals surface area contributed by atoms with Crippen LogP contribution in [0.4, 0.5) is 0 Å². The minimum Gasteiger partial charge on any atom is -0.372 e. The van der Waals surface area contributed by atoms with Gasteiger partial charge in [0.1, 0.15) is 0 Å². The molecule has 1 aromatic carbocycles. The molecule has 1 aliphatic rings. The van der Waals surface area contributed by atoms with E-state index in [2.05, 4.69) is 4.98 Å². The molecule has 0 saturated carbocycles. The monoisotopic (exact) mass is 270 g/mol. The van der Waals surface area contributed by atoms with Gasteiger partial charge in [0.05, 0.1) is 23.3 Å². The number of fused-ring (bicyclic) bond motifs is 1. The second kappa shape index (κ2) is 5.21. The van der Waals surface area contributed by atoms with Gasteiger partial charge in [-0.15, -0.1) is 0 Å². The minimum absolute atomic E-state index is 0.0326. The molecule has 2 atom stereocenters. The van der Waals surface area contributed by atoms with Crippen LogP contribution in [0, 0.1) is 0 Å². The first-order valence-corrected chi connectivity index (χ1v) is 6.93. The maximum Gasteiger partial charge on any atom is 0.255 e. The Balaban J connectivity index is 1.88. The molecule has 1 amide bonds. The number of hydrogen-bond donors (Lipinski definition) is 0. The average Bonchev–Trinajstić information content (AvgIpc) is 2.45. The smallest absolute Gasteiger partial charge is 0.255 e. The predicted octanol–water partition coefficient (Wildman–Crippen LogP) is 2.48. The Bertz CT molecular complexity index is 631. The van der Waals surface area contributed by atoms with Crippen molar-refractivity contribution in [1.29, 1.82) is 0 Å². The third-order valence-corrected chi connectivity index (χ3v) is 3.54. The highest BCUT2D eigenvalue weighted by atomic mass is 16.5. The lowest BCUT2D eigenvalue weighted by Gasteiger charge is -2.35. The van der Waals surface area contributed by atoms with Gasteiger partial charge < -0.3 is 9.64 Å². The number of benzene rings is 1. The largest absolute Gasteiger partial charge is 0.372 e. The number of rotatable bonds is 1. The van der Waals surface area contributed by atoms with Gasteiger partial charge in [-0.05, 0) is 26.0 Å². The Morgan fingerprint density at radius 1 is 1.25 bits per heavy atom. The van der Waals surface area contributed by atoms with Gasteiger partial charge in [0.2, 0.25) is 0 Å². The number of aromatic nitrogens is 1. The van der Waals surface area contributed by atoms with E-state index in [9.17, 15) is 4.79 Å². The zero-order valence-corrected chi connectivity index (χ0v) is 11.7. The molecule has 1 fully saturated rings. The lowest BCUT2D eigenvalue weighted by molar-refractivity contribution is -0.0586. The van der Waals surface area contributed by atoms with E-state index in [0.29, 0.717) is 18.7 Å². The van der Waals surface area contributed by atoms with Gasteiger partial charge in [0.15, 0.2) is 0 Å². The number of amides is 1. The normalized spacial score (nSPS) is 23.0. The molecule has 0 N–H and O–H groups in total. The molecule has 20 heavy (non-hydrogen) atoms. The molecule has 0 radical (unpaired) electrons. The zero-order valence-electron chi connectivity index (χ0n) is 11.7. The van der Waals surface area contributed by atoms with Crippen LogP contribution in [0.5, 0.6) is 0 Å². The van der Waals surface area contributed by atoms with Crippen LogP contribution in [0.25, 0.3) is 10.9 Å². The van der Waals surface area contributed by atoms with E-state index >= 15 is 0 Å². The van der Waals surface area contributed by atoms with Crippen molar-refractivity contribution in [3.8, 4) is 0 Å². The van der Waals surface area contributed by atoms with E-state index in [0.717, 1.165) is 10.9 Å². The van der Waals surface area contributed by atoms with Crippen molar-refractivity contribution in [2.24, 2.45) is 0 Å². The third kappa shape index (κ3) is 2.51. The summed E-state index contributed by atoms with van der Waals surface area (Å²) in [6.07, 6.45) is 1.82. The number of ether oxygens (including phenoxy) is 1. The van der Waals surface area contributed by atoms with Crippen LogP contribution in [0.1, 0.15) is 24.2 Å². The first-order valence-electron chi connectivity index (χ1n) is 6.93. The second-order valence-corrected chi connectivity index (χ2v) is 5.38. The Hall–Kier alpha value is -1.94. The Morgan fingerprint density at radius 2 is 1.95 bits per heavy atom. The molecule has 104 valence electrons. The van der Waals surface area contributed by atoms with E-state index in [4.69, 9.17) is 4.74 Å². The fourth-order valence-electron chi connectivity index (χ4n) is 2.71. The first kappa shape index (κ1) is 13.1. The summed E-state index contributed by atoms with van der Waals surface area (Å²) in [6.45, 7) is 5.26. The molecule has 3 rings (SSSR count). The highest BCUT2D eigenvalue weighted by Crippen LogP contribution is 2.17. The van der Waals surface area contributed by atoms with Crippen molar-refractivity contribution in [3.05, 3.63) is 42.1 Å². The van der Waals surface area contributed by atoms with Gasteiger partial charge in [-0.25, -0.2) is 0 Å². The van der Waals surface area contributed by atoms with E-state index in [1.54, 1.807) is 6.20 Å². The quantitative estimate of drug-likeness (QED) is 0.799. The van der Waals surface area contributed by atoms with Crippen molar-refractivity contribution in [2.45, 2.75) is 26.1 Å². The zero-order chi connectivity index (χ0) is 14.1. The molecule has 0 bridgehead atoms. The Morgan fingerprint density at radius 3 is 2.70 bits per heavy atom. The molecule has 2 unspecified atom stereocenters. The van der Waals surface area contributed by atoms with E-state index in [1.165, 1.54) is 0 Å². The molecule has 2 heterocycles. The molecule has 1 saturated heterocycles. The van der Waals surface area contributed by atoms with Crippen molar-refractivity contribution in [2.75, 3.05) is 13.1 Å². The van der Waals surface area contributed by atoms with Crippen LogP contribution in [0.2, 0.25) is 0 Å². The number of nitrogens with zero attached hydrogens (tertiary/aromatic N) is 2. The number of pyridine rings is 1. The topological polar surface area (TPSA) is 42.4 Å². The summed E-state index contributed by atoms with van der Waals surface area (Å²) in [5.41, 5.74) is 1.55. The average molecular weight is 270 g/mol. The van der Waals surface area contributed by atoms with Crippen LogP contribution in [0.3, 0.4) is 0 Å². The van der Waals surface area contributed by atoms with Crippen molar-refractivity contribution >= 4 is 16.8 Å². The third-order valence-electron chi connectivity index (χ3n) is 3.54. The molecule has 2 aromatic rings. The fourth-order valence-corrected chi connectivity index (χ4v) is 2.71. The standard InChI is InChI=1S/C16H18N2O2/c1-11-9-18(10-12(2)20-11)16(19)14-7-13-5-3-4-6-15(13)17-8-14/h3-8,11-12H,9-10H2,1-2H3. The van der Waals surface area contributed by atoms with Crippen LogP contribution < -0.4 is 0 Å². The minimum atomic E-state index is 0.0326. The van der Waals surface area contributed by atoms with Gasteiger partial charge in [-0.2, -0.15) is 0 Å². The predicted molar refractivity (Wildman–Crippen MR) is 77.7 cm³/mol. The van der Waals surface area contributed by atoms with Gasteiger partial charge in [0, 0.05) is 24.7 Å². The van der Waals surface area contributed by atoms with Crippen LogP contribution in [0.15, 0.2) is 36.5 Å². The number of carbonyl (C=O) groups excluding carboxylic acids is 1. The summed E-state index contributed by atoms with van der Waals surface area (Å²) in [5, 5.41) is 0.993. The van der Waals surface area contributed by atoms with Crippen molar-refractivity contribution in [3.63, 3.8) is 0 Å². The SMILES string of the molecule is CC1CN(C(=O)c2cnc3ccccc3c2)CC(C)O1. The maximum absolute atomic E-state index is 12.6. The molecular weight excluding hydrogens is 252 g/mol. The molecule has 0 spiro atoms. The number of para-hydroxylation sites is 1. The van der Waals surface area contributed by atoms with Gasteiger partial charge in [-0.3, -0.25) is 9.78 Å². The van der Waals surface area contributed by atoms with Crippen LogP contribution in [-0.2, 0) is 4.74 Å². The van der Waals surface area contributed by atoms with E-state index < -0.39 is 0 Å². The fraction of sp³-hybridized carbons (Fsp3) is 0.375. The number of hydrogen-bond acceptors (Lipinski definition) is 3. The molecule has 1 aromatic heterocycles. The van der Waals surface area contributed by atoms with E-state index in [1.807, 2.05) is 49.1 Å². The molecule has 4 heteroatoms. The first-order chi connectivity index (χ1) is 9.63. The summed E-state index contributed by atoms with van der Waals surface area (Å²) in [4.78, 5) is 18.8. The Kier molecular flexibility index (Phi) is 3.40. The summed E-state index contributed by atoms with van der Waals surface area (Å²) in [6, 6.07) is 9.74. The van der Waals surface area contributed by atoms with E-state index in [-0.39, 0.29) is 18.1 Å². The highest BCUT2D eigenvalue weighted by Gasteiger charge is 2.26. The highest BCUT2D eigenvalue weighted by molar-refractivity contribution is 5.97. The molecule has 4 nitrogen and oxygen atoms in total. The van der Waals surface area contributed by atoms with Gasteiger partial charge >= 0.3 is 0 Å². The maximum atomic E-state index is 12.6. The van der Waals surface area contributed by atoms with Gasteiger partial charge in [0.25, 0.3) is 5.91 Å². The second-order valence-electron chi connectivity index (χ2n) is 5.38.